The molecule has 1 aromatic carbocycles. The summed E-state index contributed by atoms with van der Waals surface area (Å²) in [5, 5.41) is 9.27. The second-order valence-electron chi connectivity index (χ2n) is 5.27. The summed E-state index contributed by atoms with van der Waals surface area (Å²) < 4.78 is 0. The van der Waals surface area contributed by atoms with E-state index in [1.54, 1.807) is 0 Å². The number of aryl methyl sites for hydroxylation is 2. The highest BCUT2D eigenvalue weighted by Gasteiger charge is 2.23. The van der Waals surface area contributed by atoms with E-state index < -0.39 is 0 Å². The van der Waals surface area contributed by atoms with Crippen LogP contribution >= 0.6 is 0 Å². The van der Waals surface area contributed by atoms with Gasteiger partial charge in [-0.15, -0.1) is 0 Å². The zero-order valence-electron chi connectivity index (χ0n) is 12.4. The Bertz CT molecular complexity index is 357. The van der Waals surface area contributed by atoms with Crippen molar-refractivity contribution < 1.29 is 5.11 Å². The number of aliphatic hydroxyl groups is 1. The van der Waals surface area contributed by atoms with Gasteiger partial charge in [0.05, 0.1) is 0 Å². The quantitative estimate of drug-likeness (QED) is 0.811. The van der Waals surface area contributed by atoms with Gasteiger partial charge in [0, 0.05) is 6.61 Å². The topological polar surface area (TPSA) is 20.2 Å². The highest BCUT2D eigenvalue weighted by molar-refractivity contribution is 5.33. The first kappa shape index (κ1) is 15.2. The zero-order valence-corrected chi connectivity index (χ0v) is 12.4. The van der Waals surface area contributed by atoms with Gasteiger partial charge in [0.15, 0.2) is 0 Å². The van der Waals surface area contributed by atoms with Crippen molar-refractivity contribution in [3.8, 4) is 0 Å². The van der Waals surface area contributed by atoms with Gasteiger partial charge in [-0.1, -0.05) is 44.0 Å². The van der Waals surface area contributed by atoms with Gasteiger partial charge in [-0.05, 0) is 56.1 Å². The number of hydrogen-bond acceptors (Lipinski definition) is 1. The molecule has 0 aromatic heterocycles. The SMILES string of the molecule is CC.Cc1ccc(C2CCCC(CO)C2)c(C)c1. The summed E-state index contributed by atoms with van der Waals surface area (Å²) in [4.78, 5) is 0. The molecular weight excluding hydrogens is 220 g/mol. The first-order valence-electron chi connectivity index (χ1n) is 7.38. The fraction of sp³-hybridized carbons (Fsp3) is 0.647. The maximum absolute atomic E-state index is 9.27. The summed E-state index contributed by atoms with van der Waals surface area (Å²) in [6, 6.07) is 6.78. The standard InChI is InChI=1S/C15H22O.C2H6/c1-11-6-7-15(12(2)8-11)14-5-3-4-13(9-14)10-16;1-2/h6-8,13-14,16H,3-5,9-10H2,1-2H3;1-2H3. The van der Waals surface area contributed by atoms with E-state index in [1.165, 1.54) is 42.4 Å². The molecule has 102 valence electrons. The molecule has 0 radical (unpaired) electrons. The van der Waals surface area contributed by atoms with Crippen molar-refractivity contribution in [1.29, 1.82) is 0 Å². The average Bonchev–Trinajstić information content (AvgIpc) is 2.41. The normalized spacial score (nSPS) is 23.2. The number of aliphatic hydroxyl groups excluding tert-OH is 1. The molecule has 1 saturated carbocycles. The van der Waals surface area contributed by atoms with Crippen LogP contribution in [0.2, 0.25) is 0 Å². The maximum Gasteiger partial charge on any atom is 0.0459 e. The molecule has 1 aromatic rings. The van der Waals surface area contributed by atoms with E-state index >= 15 is 0 Å². The Balaban J connectivity index is 0.000000771. The fourth-order valence-electron chi connectivity index (χ4n) is 3.02. The maximum atomic E-state index is 9.27. The third-order valence-corrected chi connectivity index (χ3v) is 3.91. The second-order valence-corrected chi connectivity index (χ2v) is 5.27. The summed E-state index contributed by atoms with van der Waals surface area (Å²) in [6.45, 7) is 8.72. The van der Waals surface area contributed by atoms with E-state index in [4.69, 9.17) is 0 Å². The second kappa shape index (κ2) is 7.58. The number of hydrogen-bond donors (Lipinski definition) is 1. The van der Waals surface area contributed by atoms with Gasteiger partial charge in [0.25, 0.3) is 0 Å². The summed E-state index contributed by atoms with van der Waals surface area (Å²) >= 11 is 0. The predicted molar refractivity (Wildman–Crippen MR) is 79.0 cm³/mol. The Morgan fingerprint density at radius 2 is 1.89 bits per heavy atom. The van der Waals surface area contributed by atoms with Crippen LogP contribution in [0.5, 0.6) is 0 Å². The lowest BCUT2D eigenvalue weighted by Crippen LogP contribution is -2.17. The van der Waals surface area contributed by atoms with Crippen molar-refractivity contribution in [2.45, 2.75) is 59.3 Å². The van der Waals surface area contributed by atoms with Gasteiger partial charge in [-0.3, -0.25) is 0 Å². The Morgan fingerprint density at radius 3 is 2.50 bits per heavy atom. The molecule has 18 heavy (non-hydrogen) atoms. The monoisotopic (exact) mass is 248 g/mol. The number of benzene rings is 1. The molecule has 0 bridgehead atoms. The molecule has 2 rings (SSSR count). The van der Waals surface area contributed by atoms with Crippen LogP contribution < -0.4 is 0 Å². The van der Waals surface area contributed by atoms with E-state index in [1.807, 2.05) is 13.8 Å². The highest BCUT2D eigenvalue weighted by Crippen LogP contribution is 2.37. The lowest BCUT2D eigenvalue weighted by atomic mass is 9.77. The lowest BCUT2D eigenvalue weighted by molar-refractivity contribution is 0.179. The summed E-state index contributed by atoms with van der Waals surface area (Å²) in [5.74, 6) is 1.20. The van der Waals surface area contributed by atoms with E-state index in [0.29, 0.717) is 18.4 Å². The van der Waals surface area contributed by atoms with Crippen molar-refractivity contribution in [3.63, 3.8) is 0 Å². The van der Waals surface area contributed by atoms with Gasteiger partial charge in [0.1, 0.15) is 0 Å². The van der Waals surface area contributed by atoms with Crippen LogP contribution in [0.4, 0.5) is 0 Å². The minimum absolute atomic E-state index is 0.363. The van der Waals surface area contributed by atoms with Crippen LogP contribution in [0.3, 0.4) is 0 Å². The lowest BCUT2D eigenvalue weighted by Gasteiger charge is -2.29. The van der Waals surface area contributed by atoms with Crippen LogP contribution in [-0.2, 0) is 0 Å². The molecule has 0 saturated heterocycles. The van der Waals surface area contributed by atoms with Gasteiger partial charge in [-0.25, -0.2) is 0 Å². The van der Waals surface area contributed by atoms with E-state index in [0.717, 1.165) is 0 Å². The molecule has 2 unspecified atom stereocenters. The summed E-state index contributed by atoms with van der Waals surface area (Å²) in [5.41, 5.74) is 4.27. The van der Waals surface area contributed by atoms with Gasteiger partial charge >= 0.3 is 0 Å². The van der Waals surface area contributed by atoms with Crippen molar-refractivity contribution in [1.82, 2.24) is 0 Å². The Labute approximate surface area is 112 Å². The highest BCUT2D eigenvalue weighted by atomic mass is 16.3. The third kappa shape index (κ3) is 3.84. The van der Waals surface area contributed by atoms with E-state index in [9.17, 15) is 5.11 Å². The summed E-state index contributed by atoms with van der Waals surface area (Å²) in [7, 11) is 0. The van der Waals surface area contributed by atoms with Crippen LogP contribution in [0.15, 0.2) is 18.2 Å². The fourth-order valence-corrected chi connectivity index (χ4v) is 3.02. The molecular formula is C17H28O. The molecule has 0 amide bonds. The molecule has 1 nitrogen and oxygen atoms in total. The Hall–Kier alpha value is -0.820. The van der Waals surface area contributed by atoms with Gasteiger partial charge in [0.2, 0.25) is 0 Å². The van der Waals surface area contributed by atoms with Crippen LogP contribution in [0, 0.1) is 19.8 Å². The average molecular weight is 248 g/mol. The molecule has 1 N–H and O–H groups in total. The molecule has 2 atom stereocenters. The smallest absolute Gasteiger partial charge is 0.0459 e. The molecule has 1 aliphatic carbocycles. The van der Waals surface area contributed by atoms with Crippen LogP contribution in [-0.4, -0.2) is 11.7 Å². The molecule has 1 aliphatic rings. The van der Waals surface area contributed by atoms with Gasteiger partial charge in [-0.2, -0.15) is 0 Å². The molecule has 0 aliphatic heterocycles. The number of rotatable bonds is 2. The van der Waals surface area contributed by atoms with Crippen LogP contribution in [0.25, 0.3) is 0 Å². The molecule has 0 spiro atoms. The van der Waals surface area contributed by atoms with Crippen molar-refractivity contribution in [2.24, 2.45) is 5.92 Å². The van der Waals surface area contributed by atoms with E-state index in [-0.39, 0.29) is 0 Å². The molecule has 0 heterocycles. The van der Waals surface area contributed by atoms with E-state index in [2.05, 4.69) is 32.0 Å². The van der Waals surface area contributed by atoms with Gasteiger partial charge < -0.3 is 5.11 Å². The Kier molecular flexibility index (Phi) is 6.42. The van der Waals surface area contributed by atoms with Crippen LogP contribution in [0.1, 0.15) is 62.1 Å². The zero-order chi connectivity index (χ0) is 13.5. The first-order chi connectivity index (χ1) is 8.70. The van der Waals surface area contributed by atoms with Crippen molar-refractivity contribution in [3.05, 3.63) is 34.9 Å². The molecule has 1 heteroatoms. The largest absolute Gasteiger partial charge is 0.396 e. The van der Waals surface area contributed by atoms with Crippen molar-refractivity contribution >= 4 is 0 Å². The molecule has 1 fully saturated rings. The van der Waals surface area contributed by atoms with Crippen molar-refractivity contribution in [2.75, 3.05) is 6.61 Å². The minimum Gasteiger partial charge on any atom is -0.396 e. The minimum atomic E-state index is 0.363. The Morgan fingerprint density at radius 1 is 1.17 bits per heavy atom. The summed E-state index contributed by atoms with van der Waals surface area (Å²) in [6.07, 6.45) is 4.93. The first-order valence-corrected chi connectivity index (χ1v) is 7.38. The predicted octanol–water partition coefficient (Wildman–Crippen LogP) is 4.60. The third-order valence-electron chi connectivity index (χ3n) is 3.91.